The van der Waals surface area contributed by atoms with Crippen LogP contribution in [-0.4, -0.2) is 22.1 Å². The number of anilines is 1. The zero-order valence-corrected chi connectivity index (χ0v) is 9.53. The van der Waals surface area contributed by atoms with E-state index in [-0.39, 0.29) is 0 Å². The number of nitrogens with zero attached hydrogens (tertiary/aromatic N) is 1. The summed E-state index contributed by atoms with van der Waals surface area (Å²) in [4.78, 5) is 15.2. The van der Waals surface area contributed by atoms with Gasteiger partial charge < -0.3 is 10.4 Å². The summed E-state index contributed by atoms with van der Waals surface area (Å²) >= 11 is 0. The Balaban J connectivity index is 2.20. The Hall–Kier alpha value is -1.58. The van der Waals surface area contributed by atoms with E-state index in [0.29, 0.717) is 23.3 Å². The standard InChI is InChI=1S/C12H16N2O2/c1-3-8-6-9(8)14-11-10(12(15)16)7(2)4-5-13-11/h4-5,8-9H,3,6H2,1-2H3,(H,13,14)(H,15,16). The van der Waals surface area contributed by atoms with E-state index in [1.807, 2.05) is 0 Å². The van der Waals surface area contributed by atoms with Gasteiger partial charge in [-0.25, -0.2) is 9.78 Å². The molecule has 1 saturated carbocycles. The molecule has 0 aliphatic heterocycles. The maximum absolute atomic E-state index is 11.1. The van der Waals surface area contributed by atoms with E-state index in [0.717, 1.165) is 18.4 Å². The second-order valence-corrected chi connectivity index (χ2v) is 4.31. The summed E-state index contributed by atoms with van der Waals surface area (Å²) < 4.78 is 0. The molecule has 0 amide bonds. The number of hydrogen-bond acceptors (Lipinski definition) is 3. The molecule has 0 aromatic carbocycles. The van der Waals surface area contributed by atoms with Crippen molar-refractivity contribution in [3.05, 3.63) is 23.4 Å². The predicted octanol–water partition coefficient (Wildman–Crippen LogP) is 2.30. The second kappa shape index (κ2) is 4.12. The van der Waals surface area contributed by atoms with Gasteiger partial charge >= 0.3 is 5.97 Å². The summed E-state index contributed by atoms with van der Waals surface area (Å²) in [7, 11) is 0. The topological polar surface area (TPSA) is 62.2 Å². The lowest BCUT2D eigenvalue weighted by atomic mass is 10.1. The summed E-state index contributed by atoms with van der Waals surface area (Å²) in [5.41, 5.74) is 1.04. The minimum Gasteiger partial charge on any atom is -0.478 e. The largest absolute Gasteiger partial charge is 0.478 e. The van der Waals surface area contributed by atoms with Gasteiger partial charge in [-0.15, -0.1) is 0 Å². The number of carboxylic acids is 1. The van der Waals surface area contributed by atoms with E-state index in [2.05, 4.69) is 17.2 Å². The van der Waals surface area contributed by atoms with Crippen molar-refractivity contribution in [3.63, 3.8) is 0 Å². The molecule has 86 valence electrons. The van der Waals surface area contributed by atoms with Crippen LogP contribution in [0.1, 0.15) is 35.7 Å². The maximum Gasteiger partial charge on any atom is 0.339 e. The SMILES string of the molecule is CCC1CC1Nc1nccc(C)c1C(=O)O. The number of carbonyl (C=O) groups is 1. The average molecular weight is 220 g/mol. The van der Waals surface area contributed by atoms with E-state index in [9.17, 15) is 4.79 Å². The van der Waals surface area contributed by atoms with E-state index in [1.165, 1.54) is 0 Å². The van der Waals surface area contributed by atoms with E-state index < -0.39 is 5.97 Å². The first-order valence-corrected chi connectivity index (χ1v) is 5.59. The first-order chi connectivity index (χ1) is 7.63. The molecular weight excluding hydrogens is 204 g/mol. The number of aromatic nitrogens is 1. The third-order valence-corrected chi connectivity index (χ3v) is 3.14. The number of hydrogen-bond donors (Lipinski definition) is 2. The number of aromatic carboxylic acids is 1. The highest BCUT2D eigenvalue weighted by molar-refractivity contribution is 5.94. The molecule has 2 N–H and O–H groups in total. The number of rotatable bonds is 4. The van der Waals surface area contributed by atoms with Crippen molar-refractivity contribution in [2.75, 3.05) is 5.32 Å². The van der Waals surface area contributed by atoms with Crippen LogP contribution in [-0.2, 0) is 0 Å². The fraction of sp³-hybridized carbons (Fsp3) is 0.500. The van der Waals surface area contributed by atoms with Crippen LogP contribution >= 0.6 is 0 Å². The number of carboxylic acid groups (broad SMARTS) is 1. The average Bonchev–Trinajstić information content (AvgIpc) is 2.96. The Kier molecular flexibility index (Phi) is 2.81. The van der Waals surface area contributed by atoms with Crippen LogP contribution in [0, 0.1) is 12.8 Å². The molecule has 2 rings (SSSR count). The molecule has 0 radical (unpaired) electrons. The van der Waals surface area contributed by atoms with Gasteiger partial charge in [0.15, 0.2) is 0 Å². The summed E-state index contributed by atoms with van der Waals surface area (Å²) in [6.45, 7) is 3.94. The molecule has 16 heavy (non-hydrogen) atoms. The first-order valence-electron chi connectivity index (χ1n) is 5.59. The molecular formula is C12H16N2O2. The van der Waals surface area contributed by atoms with Crippen LogP contribution in [0.5, 0.6) is 0 Å². The lowest BCUT2D eigenvalue weighted by Gasteiger charge is -2.09. The third kappa shape index (κ3) is 2.01. The lowest BCUT2D eigenvalue weighted by molar-refractivity contribution is 0.0697. The van der Waals surface area contributed by atoms with Crippen LogP contribution in [0.15, 0.2) is 12.3 Å². The summed E-state index contributed by atoms with van der Waals surface area (Å²) in [6, 6.07) is 2.12. The van der Waals surface area contributed by atoms with Crippen molar-refractivity contribution >= 4 is 11.8 Å². The number of aryl methyl sites for hydroxylation is 1. The summed E-state index contributed by atoms with van der Waals surface area (Å²) in [5, 5.41) is 12.3. The van der Waals surface area contributed by atoms with Gasteiger partial charge in [0, 0.05) is 12.2 Å². The van der Waals surface area contributed by atoms with Gasteiger partial charge in [-0.2, -0.15) is 0 Å². The molecule has 1 aliphatic carbocycles. The van der Waals surface area contributed by atoms with E-state index in [4.69, 9.17) is 5.11 Å². The van der Waals surface area contributed by atoms with Crippen LogP contribution < -0.4 is 5.32 Å². The van der Waals surface area contributed by atoms with Crippen LogP contribution in [0.2, 0.25) is 0 Å². The molecule has 1 aromatic heterocycles. The molecule has 4 nitrogen and oxygen atoms in total. The summed E-state index contributed by atoms with van der Waals surface area (Å²) in [6.07, 6.45) is 3.89. The van der Waals surface area contributed by atoms with Crippen LogP contribution in [0.4, 0.5) is 5.82 Å². The van der Waals surface area contributed by atoms with E-state index in [1.54, 1.807) is 19.2 Å². The molecule has 0 bridgehead atoms. The maximum atomic E-state index is 11.1. The molecule has 4 heteroatoms. The van der Waals surface area contributed by atoms with Crippen molar-refractivity contribution in [1.82, 2.24) is 4.98 Å². The van der Waals surface area contributed by atoms with Crippen LogP contribution in [0.3, 0.4) is 0 Å². The first kappa shape index (κ1) is 10.9. The number of nitrogens with one attached hydrogen (secondary N) is 1. The molecule has 1 aromatic rings. The fourth-order valence-electron chi connectivity index (χ4n) is 1.99. The molecule has 1 fully saturated rings. The van der Waals surface area contributed by atoms with Crippen molar-refractivity contribution in [2.45, 2.75) is 32.7 Å². The highest BCUT2D eigenvalue weighted by Gasteiger charge is 2.36. The Morgan fingerprint density at radius 3 is 3.00 bits per heavy atom. The molecule has 1 heterocycles. The second-order valence-electron chi connectivity index (χ2n) is 4.31. The Labute approximate surface area is 94.7 Å². The molecule has 2 atom stereocenters. The van der Waals surface area contributed by atoms with E-state index >= 15 is 0 Å². The van der Waals surface area contributed by atoms with Gasteiger partial charge in [0.2, 0.25) is 0 Å². The van der Waals surface area contributed by atoms with Crippen molar-refractivity contribution < 1.29 is 9.90 Å². The van der Waals surface area contributed by atoms with Gasteiger partial charge in [0.1, 0.15) is 11.4 Å². The smallest absolute Gasteiger partial charge is 0.339 e. The quantitative estimate of drug-likeness (QED) is 0.817. The van der Waals surface area contributed by atoms with Crippen molar-refractivity contribution in [1.29, 1.82) is 0 Å². The molecule has 0 saturated heterocycles. The Bertz CT molecular complexity index is 417. The normalized spacial score (nSPS) is 22.9. The zero-order valence-electron chi connectivity index (χ0n) is 9.53. The van der Waals surface area contributed by atoms with Gasteiger partial charge in [0.05, 0.1) is 0 Å². The minimum atomic E-state index is -0.915. The Morgan fingerprint density at radius 2 is 2.44 bits per heavy atom. The van der Waals surface area contributed by atoms with Gasteiger partial charge in [0.25, 0.3) is 0 Å². The summed E-state index contributed by atoms with van der Waals surface area (Å²) in [5.74, 6) is 0.263. The van der Waals surface area contributed by atoms with Crippen LogP contribution in [0.25, 0.3) is 0 Å². The van der Waals surface area contributed by atoms with Gasteiger partial charge in [-0.3, -0.25) is 0 Å². The van der Waals surface area contributed by atoms with Gasteiger partial charge in [-0.05, 0) is 30.9 Å². The molecule has 0 spiro atoms. The number of pyridine rings is 1. The third-order valence-electron chi connectivity index (χ3n) is 3.14. The highest BCUT2D eigenvalue weighted by Crippen LogP contribution is 2.36. The highest BCUT2D eigenvalue weighted by atomic mass is 16.4. The van der Waals surface area contributed by atoms with Gasteiger partial charge in [-0.1, -0.05) is 13.3 Å². The predicted molar refractivity (Wildman–Crippen MR) is 61.7 cm³/mol. The zero-order chi connectivity index (χ0) is 11.7. The monoisotopic (exact) mass is 220 g/mol. The minimum absolute atomic E-state index is 0.296. The van der Waals surface area contributed by atoms with Crippen molar-refractivity contribution in [2.24, 2.45) is 5.92 Å². The molecule has 1 aliphatic rings. The lowest BCUT2D eigenvalue weighted by Crippen LogP contribution is -2.12. The molecule has 2 unspecified atom stereocenters. The van der Waals surface area contributed by atoms with Crippen molar-refractivity contribution in [3.8, 4) is 0 Å². The fourth-order valence-corrected chi connectivity index (χ4v) is 1.99. The Morgan fingerprint density at radius 1 is 1.69 bits per heavy atom.